The fourth-order valence-electron chi connectivity index (χ4n) is 3.86. The van der Waals surface area contributed by atoms with Gasteiger partial charge in [0, 0.05) is 27.8 Å². The van der Waals surface area contributed by atoms with Crippen LogP contribution in [-0.2, 0) is 12.3 Å². The molecule has 1 N–H and O–H groups in total. The number of para-hydroxylation sites is 1. The molecule has 5 heterocycles. The van der Waals surface area contributed by atoms with E-state index >= 15 is 0 Å². The summed E-state index contributed by atoms with van der Waals surface area (Å²) in [4.78, 5) is 39.9. The minimum Gasteiger partial charge on any atom is -0.449 e. The number of H-pyrrole nitrogens is 1. The summed E-state index contributed by atoms with van der Waals surface area (Å²) in [6, 6.07) is 11.4. The van der Waals surface area contributed by atoms with Crippen LogP contribution in [0.5, 0.6) is 0 Å². The molecule has 10 heteroatoms. The molecule has 0 aliphatic carbocycles. The van der Waals surface area contributed by atoms with E-state index in [0.717, 1.165) is 15.8 Å². The largest absolute Gasteiger partial charge is 0.449 e. The van der Waals surface area contributed by atoms with E-state index in [0.29, 0.717) is 44.6 Å². The van der Waals surface area contributed by atoms with Crippen LogP contribution < -0.4 is 11.1 Å². The Bertz CT molecular complexity index is 1760. The van der Waals surface area contributed by atoms with E-state index in [1.165, 1.54) is 23.1 Å². The van der Waals surface area contributed by atoms with Gasteiger partial charge in [-0.05, 0) is 30.5 Å². The van der Waals surface area contributed by atoms with Gasteiger partial charge in [0.1, 0.15) is 21.8 Å². The first-order valence-corrected chi connectivity index (χ1v) is 13.0. The number of nitrogens with zero attached hydrogens (tertiary/aromatic N) is 3. The number of fused-ring (bicyclic) bond motifs is 4. The van der Waals surface area contributed by atoms with Crippen molar-refractivity contribution < 1.29 is 4.42 Å². The molecule has 0 bridgehead atoms. The smallest absolute Gasteiger partial charge is 0.294 e. The van der Waals surface area contributed by atoms with Gasteiger partial charge in [-0.2, -0.15) is 0 Å². The lowest BCUT2D eigenvalue weighted by molar-refractivity contribution is 0.635. The Hall–Kier alpha value is -3.21. The maximum atomic E-state index is 13.3. The van der Waals surface area contributed by atoms with Gasteiger partial charge in [0.2, 0.25) is 5.58 Å². The van der Waals surface area contributed by atoms with Gasteiger partial charge >= 0.3 is 0 Å². The second kappa shape index (κ2) is 7.98. The highest BCUT2D eigenvalue weighted by molar-refractivity contribution is 7.98. The summed E-state index contributed by atoms with van der Waals surface area (Å²) in [5.74, 6) is 0.873. The van der Waals surface area contributed by atoms with E-state index in [-0.39, 0.29) is 16.7 Å². The predicted molar refractivity (Wildman–Crippen MR) is 135 cm³/mol. The molecular formula is C23H16N4O3S3. The number of aromatic amines is 1. The average molecular weight is 493 g/mol. The van der Waals surface area contributed by atoms with Crippen molar-refractivity contribution in [2.24, 2.45) is 0 Å². The van der Waals surface area contributed by atoms with Crippen molar-refractivity contribution >= 4 is 66.7 Å². The first-order chi connectivity index (χ1) is 16.1. The summed E-state index contributed by atoms with van der Waals surface area (Å²) in [6.07, 6.45) is 0. The summed E-state index contributed by atoms with van der Waals surface area (Å²) in [5, 5.41) is 6.06. The molecule has 7 nitrogen and oxygen atoms in total. The maximum absolute atomic E-state index is 13.3. The number of benzene rings is 1. The number of hydrogen-bond acceptors (Lipinski definition) is 8. The molecule has 6 rings (SSSR count). The zero-order valence-electron chi connectivity index (χ0n) is 17.3. The highest BCUT2D eigenvalue weighted by Gasteiger charge is 2.18. The molecular weight excluding hydrogens is 476 g/mol. The lowest BCUT2D eigenvalue weighted by Crippen LogP contribution is -2.22. The van der Waals surface area contributed by atoms with Gasteiger partial charge in [0.15, 0.2) is 5.16 Å². The average Bonchev–Trinajstić information content (AvgIpc) is 3.56. The highest BCUT2D eigenvalue weighted by Crippen LogP contribution is 2.35. The molecule has 0 amide bonds. The van der Waals surface area contributed by atoms with Crippen LogP contribution in [0.1, 0.15) is 12.7 Å². The van der Waals surface area contributed by atoms with Crippen LogP contribution in [0.2, 0.25) is 0 Å². The fraction of sp³-hybridized carbons (Fsp3) is 0.130. The van der Waals surface area contributed by atoms with Crippen molar-refractivity contribution in [1.29, 1.82) is 0 Å². The molecule has 0 saturated carbocycles. The molecule has 1 aromatic carbocycles. The number of furan rings is 1. The minimum atomic E-state index is -0.318. The Kier molecular flexibility index (Phi) is 4.93. The van der Waals surface area contributed by atoms with E-state index in [1.54, 1.807) is 15.9 Å². The number of aromatic nitrogens is 4. The first-order valence-electron chi connectivity index (χ1n) is 10.2. The predicted octanol–water partition coefficient (Wildman–Crippen LogP) is 5.48. The lowest BCUT2D eigenvalue weighted by atomic mass is 10.2. The summed E-state index contributed by atoms with van der Waals surface area (Å²) in [6.45, 7) is 2.43. The van der Waals surface area contributed by atoms with Crippen molar-refractivity contribution in [3.63, 3.8) is 0 Å². The molecule has 0 unspecified atom stereocenters. The Balaban J connectivity index is 1.40. The summed E-state index contributed by atoms with van der Waals surface area (Å²) < 4.78 is 7.35. The van der Waals surface area contributed by atoms with Gasteiger partial charge in [-0.1, -0.05) is 30.0 Å². The second-order valence-corrected chi connectivity index (χ2v) is 10.1. The van der Waals surface area contributed by atoms with E-state index in [9.17, 15) is 9.59 Å². The summed E-state index contributed by atoms with van der Waals surface area (Å²) >= 11 is 4.46. The molecule has 0 saturated heterocycles. The van der Waals surface area contributed by atoms with Gasteiger partial charge in [0.05, 0.1) is 11.1 Å². The monoisotopic (exact) mass is 492 g/mol. The molecule has 0 aliphatic rings. The van der Waals surface area contributed by atoms with Gasteiger partial charge in [-0.3, -0.25) is 14.2 Å². The van der Waals surface area contributed by atoms with Crippen LogP contribution in [0.4, 0.5) is 0 Å². The Morgan fingerprint density at radius 3 is 2.82 bits per heavy atom. The van der Waals surface area contributed by atoms with Gasteiger partial charge < -0.3 is 9.40 Å². The summed E-state index contributed by atoms with van der Waals surface area (Å²) in [7, 11) is 0. The number of rotatable bonds is 5. The van der Waals surface area contributed by atoms with Crippen LogP contribution in [0.3, 0.4) is 0 Å². The molecule has 6 aromatic rings. The van der Waals surface area contributed by atoms with Crippen LogP contribution in [-0.4, -0.2) is 19.5 Å². The maximum Gasteiger partial charge on any atom is 0.294 e. The third kappa shape index (κ3) is 3.33. The van der Waals surface area contributed by atoms with Crippen LogP contribution >= 0.6 is 34.4 Å². The quantitative estimate of drug-likeness (QED) is 0.253. The molecule has 0 spiro atoms. The standard InChI is InChI=1S/C23H16N4O3S3/c1-2-27-22(29)17-13(15-8-5-9-31-15)10-32-21(17)26-23(27)33-11-16-24-18-12-6-3-4-7-14(12)30-19(18)20(28)25-16/h3-10H,2,11H2,1H3,(H,24,25,28). The number of thiophene rings is 2. The topological polar surface area (TPSA) is 93.8 Å². The van der Waals surface area contributed by atoms with E-state index < -0.39 is 0 Å². The SMILES string of the molecule is CCn1c(SCc2nc3c(oc4ccccc43)c(=O)[nH]2)nc2scc(-c3cccs3)c2c1=O. The molecule has 0 aliphatic heterocycles. The first kappa shape index (κ1) is 20.4. The minimum absolute atomic E-state index is 0.0487. The van der Waals surface area contributed by atoms with E-state index in [1.807, 2.05) is 54.1 Å². The van der Waals surface area contributed by atoms with Crippen LogP contribution in [0.25, 0.3) is 42.7 Å². The Morgan fingerprint density at radius 1 is 1.12 bits per heavy atom. The zero-order chi connectivity index (χ0) is 22.5. The van der Waals surface area contributed by atoms with E-state index in [4.69, 9.17) is 9.40 Å². The van der Waals surface area contributed by atoms with Crippen molar-refractivity contribution in [3.8, 4) is 10.4 Å². The highest BCUT2D eigenvalue weighted by atomic mass is 32.2. The Labute approximate surface area is 198 Å². The molecule has 164 valence electrons. The van der Waals surface area contributed by atoms with Crippen LogP contribution in [0, 0.1) is 0 Å². The van der Waals surface area contributed by atoms with Crippen molar-refractivity contribution in [1.82, 2.24) is 19.5 Å². The van der Waals surface area contributed by atoms with Gasteiger partial charge in [-0.25, -0.2) is 9.97 Å². The van der Waals surface area contributed by atoms with Gasteiger partial charge in [-0.15, -0.1) is 22.7 Å². The third-order valence-corrected chi connectivity index (χ3v) is 8.14. The fourth-order valence-corrected chi connectivity index (χ4v) is 6.59. The number of thioether (sulfide) groups is 1. The van der Waals surface area contributed by atoms with Gasteiger partial charge in [0.25, 0.3) is 11.1 Å². The molecule has 0 atom stereocenters. The van der Waals surface area contributed by atoms with E-state index in [2.05, 4.69) is 9.97 Å². The normalized spacial score (nSPS) is 11.8. The second-order valence-electron chi connectivity index (χ2n) is 7.33. The van der Waals surface area contributed by atoms with Crippen LogP contribution in [0.15, 0.2) is 66.3 Å². The lowest BCUT2D eigenvalue weighted by Gasteiger charge is -2.10. The Morgan fingerprint density at radius 2 is 2.00 bits per heavy atom. The number of nitrogens with one attached hydrogen (secondary N) is 1. The molecule has 0 fully saturated rings. The van der Waals surface area contributed by atoms with Crippen molar-refractivity contribution in [3.05, 3.63) is 73.7 Å². The van der Waals surface area contributed by atoms with Crippen molar-refractivity contribution in [2.45, 2.75) is 24.4 Å². The molecule has 33 heavy (non-hydrogen) atoms. The third-order valence-electron chi connectivity index (χ3n) is 5.38. The summed E-state index contributed by atoms with van der Waals surface area (Å²) in [5.41, 5.74) is 1.95. The van der Waals surface area contributed by atoms with Crippen molar-refractivity contribution in [2.75, 3.05) is 0 Å². The number of hydrogen-bond donors (Lipinski definition) is 1. The zero-order valence-corrected chi connectivity index (χ0v) is 19.8. The molecule has 5 aromatic heterocycles. The molecule has 0 radical (unpaired) electrons.